The van der Waals surface area contributed by atoms with Crippen LogP contribution in [0.3, 0.4) is 0 Å². The van der Waals surface area contributed by atoms with Crippen molar-refractivity contribution >= 4 is 11.9 Å². The van der Waals surface area contributed by atoms with Crippen molar-refractivity contribution < 1.29 is 14.7 Å². The standard InChI is InChI=1S/C5H9NO3/c1-3(5(6)9)2-4(7)8/h3H,2H2,1H3,(H2,6,9)(H,7,8)/t3-/m0/s1. The van der Waals surface area contributed by atoms with Gasteiger partial charge in [-0.2, -0.15) is 0 Å². The molecule has 4 heteroatoms. The largest absolute Gasteiger partial charge is 0.481 e. The Morgan fingerprint density at radius 1 is 1.67 bits per heavy atom. The summed E-state index contributed by atoms with van der Waals surface area (Å²) in [7, 11) is 0. The predicted molar refractivity (Wildman–Crippen MR) is 30.6 cm³/mol. The Bertz CT molecular complexity index is 132. The molecule has 0 aliphatic heterocycles. The molecule has 0 fully saturated rings. The first-order chi connectivity index (χ1) is 4.04. The van der Waals surface area contributed by atoms with Crippen LogP contribution in [-0.2, 0) is 9.59 Å². The van der Waals surface area contributed by atoms with E-state index < -0.39 is 17.8 Å². The number of carbonyl (C=O) groups excluding carboxylic acids is 1. The highest BCUT2D eigenvalue weighted by atomic mass is 16.4. The first-order valence-corrected chi connectivity index (χ1v) is 2.55. The molecule has 0 aromatic heterocycles. The van der Waals surface area contributed by atoms with Gasteiger partial charge in [-0.3, -0.25) is 9.59 Å². The molecule has 1 amide bonds. The van der Waals surface area contributed by atoms with Crippen LogP contribution in [0.25, 0.3) is 0 Å². The minimum atomic E-state index is -0.999. The van der Waals surface area contributed by atoms with E-state index in [0.717, 1.165) is 0 Å². The molecule has 0 saturated carbocycles. The lowest BCUT2D eigenvalue weighted by atomic mass is 10.1. The SMILES string of the molecule is C[C@@H](CC(=O)O)C(N)=O. The van der Waals surface area contributed by atoms with E-state index in [4.69, 9.17) is 10.8 Å². The summed E-state index contributed by atoms with van der Waals surface area (Å²) in [4.78, 5) is 20.1. The molecule has 0 saturated heterocycles. The molecule has 0 bridgehead atoms. The minimum Gasteiger partial charge on any atom is -0.481 e. The summed E-state index contributed by atoms with van der Waals surface area (Å²) < 4.78 is 0. The molecule has 1 atom stereocenters. The lowest BCUT2D eigenvalue weighted by molar-refractivity contribution is -0.140. The summed E-state index contributed by atoms with van der Waals surface area (Å²) in [6.45, 7) is 1.48. The second-order valence-corrected chi connectivity index (χ2v) is 1.90. The van der Waals surface area contributed by atoms with Crippen molar-refractivity contribution in [1.82, 2.24) is 0 Å². The summed E-state index contributed by atoms with van der Waals surface area (Å²) in [5.41, 5.74) is 4.78. The van der Waals surface area contributed by atoms with Crippen LogP contribution < -0.4 is 5.73 Å². The van der Waals surface area contributed by atoms with Gasteiger partial charge in [0.15, 0.2) is 0 Å². The zero-order valence-electron chi connectivity index (χ0n) is 5.13. The van der Waals surface area contributed by atoms with Gasteiger partial charge < -0.3 is 10.8 Å². The molecule has 0 heterocycles. The van der Waals surface area contributed by atoms with Gasteiger partial charge in [-0.15, -0.1) is 0 Å². The van der Waals surface area contributed by atoms with Gasteiger partial charge in [-0.05, 0) is 0 Å². The van der Waals surface area contributed by atoms with E-state index in [1.54, 1.807) is 0 Å². The third-order valence-electron chi connectivity index (χ3n) is 0.967. The molecular formula is C5H9NO3. The Hall–Kier alpha value is -1.06. The third kappa shape index (κ3) is 3.52. The molecule has 52 valence electrons. The molecule has 0 aromatic rings. The zero-order valence-corrected chi connectivity index (χ0v) is 5.13. The molecule has 0 aliphatic carbocycles. The minimum absolute atomic E-state index is 0.185. The summed E-state index contributed by atoms with van der Waals surface area (Å²) in [5, 5.41) is 8.12. The Balaban J connectivity index is 3.63. The lowest BCUT2D eigenvalue weighted by Crippen LogP contribution is -2.22. The Morgan fingerprint density at radius 3 is 2.22 bits per heavy atom. The summed E-state index contributed by atoms with van der Waals surface area (Å²) in [6.07, 6.45) is -0.185. The normalized spacial score (nSPS) is 12.6. The van der Waals surface area contributed by atoms with Crippen LogP contribution in [0.15, 0.2) is 0 Å². The number of carboxylic acid groups (broad SMARTS) is 1. The molecule has 0 aliphatic rings. The van der Waals surface area contributed by atoms with E-state index in [1.165, 1.54) is 6.92 Å². The van der Waals surface area contributed by atoms with E-state index in [2.05, 4.69) is 0 Å². The van der Waals surface area contributed by atoms with E-state index >= 15 is 0 Å². The van der Waals surface area contributed by atoms with Gasteiger partial charge >= 0.3 is 5.97 Å². The zero-order chi connectivity index (χ0) is 7.44. The molecule has 0 spiro atoms. The fraction of sp³-hybridized carbons (Fsp3) is 0.600. The van der Waals surface area contributed by atoms with Crippen LogP contribution in [0.5, 0.6) is 0 Å². The molecule has 0 aromatic carbocycles. The molecule has 3 N–H and O–H groups in total. The van der Waals surface area contributed by atoms with Gasteiger partial charge in [0.05, 0.1) is 6.42 Å². The van der Waals surface area contributed by atoms with Crippen LogP contribution >= 0.6 is 0 Å². The number of nitrogens with two attached hydrogens (primary N) is 1. The molecule has 4 nitrogen and oxygen atoms in total. The first-order valence-electron chi connectivity index (χ1n) is 2.55. The van der Waals surface area contributed by atoms with Crippen LogP contribution in [-0.4, -0.2) is 17.0 Å². The Labute approximate surface area is 52.7 Å². The van der Waals surface area contributed by atoms with Crippen molar-refractivity contribution in [2.45, 2.75) is 13.3 Å². The lowest BCUT2D eigenvalue weighted by Gasteiger charge is -1.99. The number of carbonyl (C=O) groups is 2. The summed E-state index contributed by atoms with van der Waals surface area (Å²) in [5.74, 6) is -2.14. The maximum absolute atomic E-state index is 10.2. The highest BCUT2D eigenvalue weighted by molar-refractivity contribution is 5.81. The maximum Gasteiger partial charge on any atom is 0.304 e. The van der Waals surface area contributed by atoms with Gasteiger partial charge in [0, 0.05) is 5.92 Å². The van der Waals surface area contributed by atoms with Crippen molar-refractivity contribution in [3.05, 3.63) is 0 Å². The highest BCUT2D eigenvalue weighted by Crippen LogP contribution is 1.98. The van der Waals surface area contributed by atoms with Gasteiger partial charge in [-0.1, -0.05) is 6.92 Å². The number of hydrogen-bond acceptors (Lipinski definition) is 2. The molecule has 0 radical (unpaired) electrons. The quantitative estimate of drug-likeness (QED) is 0.546. The second-order valence-electron chi connectivity index (χ2n) is 1.90. The topological polar surface area (TPSA) is 80.4 Å². The predicted octanol–water partition coefficient (Wildman–Crippen LogP) is -0.417. The fourth-order valence-corrected chi connectivity index (χ4v) is 0.363. The second kappa shape index (κ2) is 3.06. The van der Waals surface area contributed by atoms with Gasteiger partial charge in [0.2, 0.25) is 5.91 Å². The number of primary amides is 1. The van der Waals surface area contributed by atoms with Gasteiger partial charge in [-0.25, -0.2) is 0 Å². The van der Waals surface area contributed by atoms with E-state index in [-0.39, 0.29) is 6.42 Å². The third-order valence-corrected chi connectivity index (χ3v) is 0.967. The maximum atomic E-state index is 10.2. The van der Waals surface area contributed by atoms with E-state index in [0.29, 0.717) is 0 Å². The number of aliphatic carboxylic acids is 1. The smallest absolute Gasteiger partial charge is 0.304 e. The summed E-state index contributed by atoms with van der Waals surface area (Å²) >= 11 is 0. The van der Waals surface area contributed by atoms with E-state index in [1.807, 2.05) is 0 Å². The van der Waals surface area contributed by atoms with Gasteiger partial charge in [0.1, 0.15) is 0 Å². The molecule has 0 unspecified atom stereocenters. The van der Waals surface area contributed by atoms with E-state index in [9.17, 15) is 9.59 Å². The average Bonchev–Trinajstić information content (AvgIpc) is 1.63. The van der Waals surface area contributed by atoms with Crippen LogP contribution in [0.4, 0.5) is 0 Å². The van der Waals surface area contributed by atoms with Crippen LogP contribution in [0.2, 0.25) is 0 Å². The number of carboxylic acids is 1. The Morgan fingerprint density at radius 2 is 2.11 bits per heavy atom. The van der Waals surface area contributed by atoms with Crippen molar-refractivity contribution in [2.75, 3.05) is 0 Å². The molecule has 9 heavy (non-hydrogen) atoms. The van der Waals surface area contributed by atoms with Crippen molar-refractivity contribution in [1.29, 1.82) is 0 Å². The van der Waals surface area contributed by atoms with Crippen molar-refractivity contribution in [3.8, 4) is 0 Å². The van der Waals surface area contributed by atoms with Crippen molar-refractivity contribution in [3.63, 3.8) is 0 Å². The van der Waals surface area contributed by atoms with Crippen molar-refractivity contribution in [2.24, 2.45) is 11.7 Å². The Kier molecular flexibility index (Phi) is 2.70. The van der Waals surface area contributed by atoms with Crippen LogP contribution in [0.1, 0.15) is 13.3 Å². The van der Waals surface area contributed by atoms with Gasteiger partial charge in [0.25, 0.3) is 0 Å². The summed E-state index contributed by atoms with van der Waals surface area (Å²) in [6, 6.07) is 0. The number of rotatable bonds is 3. The number of amides is 1. The number of hydrogen-bond donors (Lipinski definition) is 2. The van der Waals surface area contributed by atoms with Crippen LogP contribution in [0, 0.1) is 5.92 Å². The first kappa shape index (κ1) is 7.94. The monoisotopic (exact) mass is 131 g/mol. The fourth-order valence-electron chi connectivity index (χ4n) is 0.363. The molecule has 0 rings (SSSR count). The molecular weight excluding hydrogens is 122 g/mol. The average molecular weight is 131 g/mol. The highest BCUT2D eigenvalue weighted by Gasteiger charge is 2.11.